The second-order valence-electron chi connectivity index (χ2n) is 3.28. The predicted molar refractivity (Wildman–Crippen MR) is 67.4 cm³/mol. The molecule has 0 saturated heterocycles. The summed E-state index contributed by atoms with van der Waals surface area (Å²) >= 11 is 0. The van der Waals surface area contributed by atoms with E-state index in [2.05, 4.69) is 17.6 Å². The van der Waals surface area contributed by atoms with Gasteiger partial charge in [0.15, 0.2) is 0 Å². The zero-order valence-electron chi connectivity index (χ0n) is 9.20. The number of aryl methyl sites for hydroxylation is 1. The zero-order chi connectivity index (χ0) is 11.3. The fourth-order valence-corrected chi connectivity index (χ4v) is 1.30. The Bertz CT molecular complexity index is 415. The Morgan fingerprint density at radius 3 is 2.73 bits per heavy atom. The highest BCUT2D eigenvalue weighted by atomic mass is 14.7. The first-order valence-corrected chi connectivity index (χ1v) is 4.86. The van der Waals surface area contributed by atoms with Crippen LogP contribution in [0, 0.1) is 6.92 Å². The summed E-state index contributed by atoms with van der Waals surface area (Å²) in [6, 6.07) is 6.03. The van der Waals surface area contributed by atoms with Crippen molar-refractivity contribution in [2.45, 2.75) is 13.8 Å². The van der Waals surface area contributed by atoms with Crippen LogP contribution < -0.4 is 5.73 Å². The van der Waals surface area contributed by atoms with Gasteiger partial charge in [-0.05, 0) is 49.3 Å². The van der Waals surface area contributed by atoms with Gasteiger partial charge in [-0.1, -0.05) is 12.6 Å². The molecular weight excluding hydrogens is 184 g/mol. The van der Waals surface area contributed by atoms with Crippen LogP contribution in [-0.4, -0.2) is 6.21 Å². The minimum atomic E-state index is 0.668. The summed E-state index contributed by atoms with van der Waals surface area (Å²) in [6.07, 6.45) is 5.31. The Kier molecular flexibility index (Phi) is 3.86. The third-order valence-corrected chi connectivity index (χ3v) is 2.06. The van der Waals surface area contributed by atoms with E-state index in [1.165, 1.54) is 0 Å². The minimum Gasteiger partial charge on any atom is -0.399 e. The van der Waals surface area contributed by atoms with Crippen molar-refractivity contribution in [3.05, 3.63) is 47.7 Å². The summed E-state index contributed by atoms with van der Waals surface area (Å²) < 4.78 is 0. The van der Waals surface area contributed by atoms with Crippen molar-refractivity contribution in [3.63, 3.8) is 0 Å². The van der Waals surface area contributed by atoms with Crippen LogP contribution in [0.5, 0.6) is 0 Å². The SMILES string of the molecule is C=C/C(N)=C/c1ccc(N=CC)c(C)c1. The smallest absolute Gasteiger partial charge is 0.0655 e. The number of nitrogens with two attached hydrogens (primary N) is 1. The van der Waals surface area contributed by atoms with Crippen molar-refractivity contribution in [1.29, 1.82) is 0 Å². The lowest BCUT2D eigenvalue weighted by Gasteiger charge is -2.02. The molecule has 0 heterocycles. The number of aliphatic imine (C=N–C) groups is 1. The third-order valence-electron chi connectivity index (χ3n) is 2.06. The summed E-state index contributed by atoms with van der Waals surface area (Å²) in [5.41, 5.74) is 9.53. The van der Waals surface area contributed by atoms with Gasteiger partial charge in [-0.25, -0.2) is 0 Å². The van der Waals surface area contributed by atoms with Gasteiger partial charge in [-0.15, -0.1) is 0 Å². The first-order chi connectivity index (χ1) is 7.17. The molecule has 0 aliphatic rings. The first-order valence-electron chi connectivity index (χ1n) is 4.86. The summed E-state index contributed by atoms with van der Waals surface area (Å²) in [6.45, 7) is 7.55. The highest BCUT2D eigenvalue weighted by molar-refractivity contribution is 5.65. The predicted octanol–water partition coefficient (Wildman–Crippen LogP) is 3.20. The van der Waals surface area contributed by atoms with Gasteiger partial charge >= 0.3 is 0 Å². The van der Waals surface area contributed by atoms with E-state index in [1.807, 2.05) is 32.1 Å². The molecule has 1 rings (SSSR count). The second kappa shape index (κ2) is 5.15. The van der Waals surface area contributed by atoms with Gasteiger partial charge in [-0.3, -0.25) is 4.99 Å². The third kappa shape index (κ3) is 3.09. The van der Waals surface area contributed by atoms with Crippen LogP contribution in [0.1, 0.15) is 18.1 Å². The summed E-state index contributed by atoms with van der Waals surface area (Å²) in [5.74, 6) is 0. The summed E-state index contributed by atoms with van der Waals surface area (Å²) in [5, 5.41) is 0. The van der Waals surface area contributed by atoms with E-state index < -0.39 is 0 Å². The summed E-state index contributed by atoms with van der Waals surface area (Å²) in [7, 11) is 0. The van der Waals surface area contributed by atoms with Crippen LogP contribution in [0.2, 0.25) is 0 Å². The molecule has 1 aromatic carbocycles. The van der Waals surface area contributed by atoms with Gasteiger partial charge in [0.05, 0.1) is 5.69 Å². The lowest BCUT2D eigenvalue weighted by Crippen LogP contribution is -1.91. The molecule has 0 aromatic heterocycles. The van der Waals surface area contributed by atoms with Crippen LogP contribution >= 0.6 is 0 Å². The second-order valence-corrected chi connectivity index (χ2v) is 3.28. The number of rotatable bonds is 3. The Labute approximate surface area is 90.8 Å². The van der Waals surface area contributed by atoms with Crippen molar-refractivity contribution in [3.8, 4) is 0 Å². The molecular formula is C13H16N2. The molecule has 1 aromatic rings. The monoisotopic (exact) mass is 200 g/mol. The van der Waals surface area contributed by atoms with Crippen molar-refractivity contribution < 1.29 is 0 Å². The van der Waals surface area contributed by atoms with Gasteiger partial charge in [0.2, 0.25) is 0 Å². The number of allylic oxidation sites excluding steroid dienone is 1. The maximum Gasteiger partial charge on any atom is 0.0655 e. The van der Waals surface area contributed by atoms with Gasteiger partial charge in [-0.2, -0.15) is 0 Å². The van der Waals surface area contributed by atoms with E-state index in [0.29, 0.717) is 5.70 Å². The first kappa shape index (κ1) is 11.2. The highest BCUT2D eigenvalue weighted by Crippen LogP contribution is 2.20. The average molecular weight is 200 g/mol. The molecule has 0 unspecified atom stereocenters. The highest BCUT2D eigenvalue weighted by Gasteiger charge is 1.96. The van der Waals surface area contributed by atoms with E-state index in [4.69, 9.17) is 5.73 Å². The van der Waals surface area contributed by atoms with Gasteiger partial charge in [0.25, 0.3) is 0 Å². The Morgan fingerprint density at radius 1 is 1.47 bits per heavy atom. The topological polar surface area (TPSA) is 38.4 Å². The largest absolute Gasteiger partial charge is 0.399 e. The zero-order valence-corrected chi connectivity index (χ0v) is 9.20. The molecule has 0 fully saturated rings. The molecule has 0 aliphatic heterocycles. The quantitative estimate of drug-likeness (QED) is 0.590. The normalized spacial score (nSPS) is 12.0. The number of hydrogen-bond donors (Lipinski definition) is 1. The molecule has 2 heteroatoms. The van der Waals surface area contributed by atoms with Crippen LogP contribution in [-0.2, 0) is 0 Å². The lowest BCUT2D eigenvalue weighted by atomic mass is 10.1. The minimum absolute atomic E-state index is 0.668. The van der Waals surface area contributed by atoms with Crippen molar-refractivity contribution in [2.24, 2.45) is 10.7 Å². The lowest BCUT2D eigenvalue weighted by molar-refractivity contribution is 1.38. The average Bonchev–Trinajstić information content (AvgIpc) is 2.22. The molecule has 2 N–H and O–H groups in total. The molecule has 0 bridgehead atoms. The molecule has 15 heavy (non-hydrogen) atoms. The fraction of sp³-hybridized carbons (Fsp3) is 0.154. The van der Waals surface area contributed by atoms with E-state index in [1.54, 1.807) is 12.3 Å². The van der Waals surface area contributed by atoms with Crippen molar-refractivity contribution in [1.82, 2.24) is 0 Å². The van der Waals surface area contributed by atoms with E-state index in [9.17, 15) is 0 Å². The molecule has 0 radical (unpaired) electrons. The molecule has 0 atom stereocenters. The number of hydrogen-bond acceptors (Lipinski definition) is 2. The van der Waals surface area contributed by atoms with Crippen LogP contribution in [0.25, 0.3) is 6.08 Å². The van der Waals surface area contributed by atoms with E-state index >= 15 is 0 Å². The molecule has 0 amide bonds. The van der Waals surface area contributed by atoms with Crippen LogP contribution in [0.4, 0.5) is 5.69 Å². The number of benzene rings is 1. The van der Waals surface area contributed by atoms with Crippen LogP contribution in [0.3, 0.4) is 0 Å². The van der Waals surface area contributed by atoms with Crippen LogP contribution in [0.15, 0.2) is 41.5 Å². The van der Waals surface area contributed by atoms with E-state index in [0.717, 1.165) is 16.8 Å². The van der Waals surface area contributed by atoms with E-state index in [-0.39, 0.29) is 0 Å². The Hall–Kier alpha value is -1.83. The molecule has 78 valence electrons. The van der Waals surface area contributed by atoms with Gasteiger partial charge < -0.3 is 5.73 Å². The van der Waals surface area contributed by atoms with Crippen molar-refractivity contribution in [2.75, 3.05) is 0 Å². The molecule has 2 nitrogen and oxygen atoms in total. The molecule has 0 spiro atoms. The van der Waals surface area contributed by atoms with Crippen molar-refractivity contribution >= 4 is 18.0 Å². The van der Waals surface area contributed by atoms with Gasteiger partial charge in [0.1, 0.15) is 0 Å². The maximum atomic E-state index is 5.67. The Morgan fingerprint density at radius 2 is 2.20 bits per heavy atom. The number of nitrogens with zero attached hydrogens (tertiary/aromatic N) is 1. The fourth-order valence-electron chi connectivity index (χ4n) is 1.30. The Balaban J connectivity index is 3.06. The molecule has 0 aliphatic carbocycles. The van der Waals surface area contributed by atoms with Gasteiger partial charge in [0, 0.05) is 11.9 Å². The maximum absolute atomic E-state index is 5.67. The summed E-state index contributed by atoms with van der Waals surface area (Å²) in [4.78, 5) is 4.25. The molecule has 0 saturated carbocycles. The standard InChI is InChI=1S/C13H16N2/c1-4-12(14)9-11-6-7-13(15-5-2)10(3)8-11/h4-9H,1,14H2,2-3H3/b12-9-,15-5?.